The van der Waals surface area contributed by atoms with Crippen molar-refractivity contribution < 1.29 is 28.8 Å². The Balaban J connectivity index is 0.0000000987. The zero-order valence-corrected chi connectivity index (χ0v) is 87.2. The van der Waals surface area contributed by atoms with Crippen LogP contribution in [-0.4, -0.2) is 95.9 Å². The van der Waals surface area contributed by atoms with Gasteiger partial charge < -0.3 is 31.9 Å². The minimum absolute atomic E-state index is 0.00104. The number of fused-ring (bicyclic) bond motifs is 6. The molecule has 24 nitrogen and oxygen atoms in total. The average Bonchev–Trinajstić information content (AvgIpc) is 1.26. The fraction of sp³-hybridized carbons (Fsp3) is 0.390. The monoisotopic (exact) mass is 2050 g/mol. The molecule has 15 aliphatic rings. The molecule has 26 heteroatoms. The van der Waals surface area contributed by atoms with Crippen LogP contribution in [0.15, 0.2) is 246 Å². The molecule has 738 valence electrons. The van der Waals surface area contributed by atoms with Crippen molar-refractivity contribution in [1.82, 2.24) is 61.2 Å². The molecular weight excluding hydrogens is 1930 g/mol. The van der Waals surface area contributed by atoms with E-state index in [1.54, 1.807) is 0 Å². The molecule has 6 aromatic heterocycles. The lowest BCUT2D eigenvalue weighted by Gasteiger charge is -2.47. The number of ketones is 6. The van der Waals surface area contributed by atoms with E-state index < -0.39 is 0 Å². The van der Waals surface area contributed by atoms with Crippen LogP contribution in [0.25, 0.3) is 0 Å². The van der Waals surface area contributed by atoms with E-state index in [-0.39, 0.29) is 85.3 Å². The van der Waals surface area contributed by atoms with Gasteiger partial charge in [0, 0.05) is 218 Å². The number of carbonyl (C=O) groups excluding carboxylic acids is 6. The Morgan fingerprint density at radius 3 is 0.812 bits per heavy atom. The molecule has 4 unspecified atom stereocenters. The first kappa shape index (κ1) is 95.6. The molecule has 6 atom stereocenters. The van der Waals surface area contributed by atoms with E-state index in [0.717, 1.165) is 235 Å². The number of aromatic amines is 6. The number of rotatable bonds is 7. The Bertz CT molecular complexity index is 7270. The van der Waals surface area contributed by atoms with Crippen molar-refractivity contribution in [3.8, 4) is 0 Å². The standard InChI is InChI=1S/C21H23N3O.C20H21N3O.C20H23N3O.2C19H20BrN3O.C19H19N3O/c1-13-17-18(14-7-3-2-4-8-14)19-15(22-20(17)24-23-13)11-21(12-16(19)25)9-5-6-10-21;1-12-16-17(13-6-3-2-4-7-13)18-14(21-19(16)23-22-12)10-20(8-5-9-20)11-15(18)24;1-12-17-14(9-13-7-5-4-6-8-13)18-15(21-19(17)23-22-12)10-20(2,3)11-16(18)24;2*1-10-15-16(11-6-4-5-7-12(11)20)17-13(21-18(15)23-22-10)8-19(2,3)9-14(17)24;1-11-15-16(12-5-3-2-4-6-12)17-13(20-18(15)22-21-11)9-19(7-8-19)10-14(17)23/h2-4,7-8,18H,5-6,9-12H2,1H3,(H2,22,23,24);2-4,6-7,17H,5,8-11H2,1H3,(H2,21,22,23);4-8,14H,9-11H2,1-3H3,(H2,21,22,23);2*4-7,16H,8-9H2,1-3H3,(H2,21,22,23);2-6,16H,7-10H2,1H3,(H2,20,21,22)/t;;;2*16-;/m...10./s1. The van der Waals surface area contributed by atoms with Crippen molar-refractivity contribution in [3.63, 3.8) is 0 Å². The number of Topliss-reactive ketones (excluding diaryl/α,β-unsaturated/α-hetero) is 6. The van der Waals surface area contributed by atoms with Gasteiger partial charge in [0.15, 0.2) is 69.6 Å². The van der Waals surface area contributed by atoms with Crippen molar-refractivity contribution in [2.24, 2.45) is 32.5 Å². The zero-order valence-electron chi connectivity index (χ0n) is 84.1. The number of nitrogens with zero attached hydrogens (tertiary/aromatic N) is 6. The van der Waals surface area contributed by atoms with Crippen LogP contribution >= 0.6 is 31.9 Å². The summed E-state index contributed by atoms with van der Waals surface area (Å²) >= 11 is 7.34. The summed E-state index contributed by atoms with van der Waals surface area (Å²) in [6.07, 6.45) is 21.2. The Morgan fingerprint density at radius 2 is 0.507 bits per heavy atom. The number of hydrogen-bond donors (Lipinski definition) is 12. The van der Waals surface area contributed by atoms with E-state index in [1.165, 1.54) is 80.0 Å². The van der Waals surface area contributed by atoms with E-state index in [9.17, 15) is 28.8 Å². The summed E-state index contributed by atoms with van der Waals surface area (Å²) in [5, 5.41) is 66.0. The number of halogens is 2. The lowest BCUT2D eigenvalue weighted by atomic mass is 9.58. The molecule has 3 fully saturated rings. The highest BCUT2D eigenvalue weighted by Gasteiger charge is 2.55. The molecule has 0 amide bonds. The normalized spacial score (nSPS) is 23.1. The fourth-order valence-electron chi connectivity index (χ4n) is 26.3. The Labute approximate surface area is 857 Å². The topological polar surface area (TPSA) is 347 Å². The Kier molecular flexibility index (Phi) is 24.7. The summed E-state index contributed by atoms with van der Waals surface area (Å²) in [7, 11) is 0. The predicted molar refractivity (Wildman–Crippen MR) is 569 cm³/mol. The highest BCUT2D eigenvalue weighted by atomic mass is 79.9. The molecule has 12 N–H and O–H groups in total. The maximum absolute atomic E-state index is 13.3. The summed E-state index contributed by atoms with van der Waals surface area (Å²) < 4.78 is 2.04. The molecule has 27 rings (SSSR count). The van der Waals surface area contributed by atoms with Crippen LogP contribution in [0.1, 0.15) is 313 Å². The second kappa shape index (κ2) is 37.1. The van der Waals surface area contributed by atoms with Gasteiger partial charge in [0.25, 0.3) is 0 Å². The van der Waals surface area contributed by atoms with Crippen molar-refractivity contribution in [2.75, 3.05) is 31.9 Å². The van der Waals surface area contributed by atoms with Crippen LogP contribution in [0.5, 0.6) is 0 Å². The van der Waals surface area contributed by atoms with E-state index in [1.807, 2.05) is 126 Å². The van der Waals surface area contributed by atoms with Crippen molar-refractivity contribution in [3.05, 3.63) is 347 Å². The van der Waals surface area contributed by atoms with Crippen molar-refractivity contribution >= 4 is 101 Å². The molecule has 12 heterocycles. The van der Waals surface area contributed by atoms with Crippen molar-refractivity contribution in [2.45, 2.75) is 260 Å². The van der Waals surface area contributed by atoms with Gasteiger partial charge >= 0.3 is 0 Å². The number of aromatic nitrogens is 12. The second-order valence-electron chi connectivity index (χ2n) is 45.7. The van der Waals surface area contributed by atoms with Gasteiger partial charge in [0.2, 0.25) is 0 Å². The van der Waals surface area contributed by atoms with Gasteiger partial charge in [-0.25, -0.2) is 0 Å². The molecule has 6 aromatic carbocycles. The average molecular weight is 2050 g/mol. The third-order valence-electron chi connectivity index (χ3n) is 33.2. The number of H-pyrrole nitrogens is 6. The van der Waals surface area contributed by atoms with Gasteiger partial charge in [-0.1, -0.05) is 250 Å². The van der Waals surface area contributed by atoms with Crippen LogP contribution < -0.4 is 31.9 Å². The van der Waals surface area contributed by atoms with Gasteiger partial charge in [0.05, 0.1) is 0 Å². The van der Waals surface area contributed by atoms with Gasteiger partial charge in [-0.3, -0.25) is 59.4 Å². The second-order valence-corrected chi connectivity index (χ2v) is 47.4. The molecule has 144 heavy (non-hydrogen) atoms. The van der Waals surface area contributed by atoms with Gasteiger partial charge in [-0.15, -0.1) is 0 Å². The lowest BCUT2D eigenvalue weighted by Crippen LogP contribution is -2.40. The number of nitrogens with one attached hydrogen (secondary N) is 12. The summed E-state index contributed by atoms with van der Waals surface area (Å²) in [6, 6.07) is 57.8. The van der Waals surface area contributed by atoms with Crippen LogP contribution in [-0.2, 0) is 35.2 Å². The molecule has 3 saturated carbocycles. The first-order chi connectivity index (χ1) is 69.2. The Morgan fingerprint density at radius 1 is 0.264 bits per heavy atom. The first-order valence-corrected chi connectivity index (χ1v) is 52.9. The summed E-state index contributed by atoms with van der Waals surface area (Å²) in [5.74, 6) is 6.91. The maximum Gasteiger partial charge on any atom is 0.162 e. The summed E-state index contributed by atoms with van der Waals surface area (Å²) in [5.41, 5.74) is 32.6. The zero-order chi connectivity index (χ0) is 100.0. The number of carbonyl (C=O) groups is 6. The van der Waals surface area contributed by atoms with Crippen LogP contribution in [0.3, 0.4) is 0 Å². The molecule has 0 bridgehead atoms. The third-order valence-corrected chi connectivity index (χ3v) is 34.7. The highest BCUT2D eigenvalue weighted by molar-refractivity contribution is 9.10. The molecule has 0 radical (unpaired) electrons. The summed E-state index contributed by atoms with van der Waals surface area (Å²) in [6.45, 7) is 25.1. The minimum Gasteiger partial charge on any atom is -0.342 e. The van der Waals surface area contributed by atoms with Gasteiger partial charge in [-0.2, -0.15) is 30.6 Å². The van der Waals surface area contributed by atoms with Crippen LogP contribution in [0, 0.1) is 74.0 Å². The smallest absolute Gasteiger partial charge is 0.162 e. The molecule has 9 aliphatic carbocycles. The van der Waals surface area contributed by atoms with E-state index in [4.69, 9.17) is 0 Å². The number of hydrogen-bond acceptors (Lipinski definition) is 18. The van der Waals surface area contributed by atoms with E-state index in [0.29, 0.717) is 55.9 Å². The molecule has 0 saturated heterocycles. The number of benzene rings is 6. The van der Waals surface area contributed by atoms with E-state index in [2.05, 4.69) is 251 Å². The van der Waals surface area contributed by atoms with E-state index >= 15 is 0 Å². The molecule has 6 aliphatic heterocycles. The largest absolute Gasteiger partial charge is 0.342 e. The quantitative estimate of drug-likeness (QED) is 0.0705. The first-order valence-electron chi connectivity index (χ1n) is 51.4. The minimum atomic E-state index is -0.0748. The summed E-state index contributed by atoms with van der Waals surface area (Å²) in [4.78, 5) is 78.4. The number of anilines is 6. The molecule has 3 spiro atoms. The molecular formula is C118H126Br2N18O6. The third kappa shape index (κ3) is 17.7. The van der Waals surface area contributed by atoms with Crippen LogP contribution in [0.2, 0.25) is 0 Å². The predicted octanol–water partition coefficient (Wildman–Crippen LogP) is 25.7. The highest BCUT2D eigenvalue weighted by Crippen LogP contribution is 2.63. The number of aryl methyl sites for hydroxylation is 6. The number of allylic oxidation sites excluding steroid dienone is 12. The van der Waals surface area contributed by atoms with Crippen LogP contribution in [0.4, 0.5) is 34.9 Å². The fourth-order valence-corrected chi connectivity index (χ4v) is 27.4. The van der Waals surface area contributed by atoms with Gasteiger partial charge in [-0.05, 0) is 203 Å². The van der Waals surface area contributed by atoms with Gasteiger partial charge in [0.1, 0.15) is 0 Å². The lowest BCUT2D eigenvalue weighted by molar-refractivity contribution is -0.121. The molecule has 12 aromatic rings. The Hall–Kier alpha value is -13.2. The van der Waals surface area contributed by atoms with Crippen molar-refractivity contribution in [1.29, 1.82) is 0 Å². The SMILES string of the molecule is Cc1[nH]nc2c1C(Cc1ccccc1)C1=C(CC(C)(C)CC1=O)N2.Cc1[nH]nc2c1C(c1ccccc1)C1=C(CC3(CC3)CC1=O)N2.Cc1[nH]nc2c1C(c1ccccc1)C1=C(CC3(CCC3)CC1=O)N2.Cc1[nH]nc2c1C(c1ccccc1)C1=C(CC3(CCCC3)CC1=O)N2.Cc1[nH]nc2c1[C@@H](c1ccccc1Br)C1=C(CC(C)(C)CC1=O)N2.Cc1[nH]nc2c1[C@H](c1ccccc1Br)C1=C(CC(C)(C)CC1=O)N2. The maximum atomic E-state index is 13.3.